The lowest BCUT2D eigenvalue weighted by atomic mass is 9.78. The smallest absolute Gasteiger partial charge is 0.252 e. The van der Waals surface area contributed by atoms with Crippen molar-refractivity contribution in [2.24, 2.45) is 5.92 Å². The number of nitrogens with one attached hydrogen (secondary N) is 1. The van der Waals surface area contributed by atoms with Crippen molar-refractivity contribution in [2.45, 2.75) is 38.1 Å². The van der Waals surface area contributed by atoms with Gasteiger partial charge in [0, 0.05) is 14.8 Å². The van der Waals surface area contributed by atoms with Crippen LogP contribution in [0.2, 0.25) is 0 Å². The van der Waals surface area contributed by atoms with E-state index in [9.17, 15) is 4.79 Å². The van der Waals surface area contributed by atoms with Gasteiger partial charge in [0.25, 0.3) is 5.91 Å². The van der Waals surface area contributed by atoms with Crippen LogP contribution in [0.5, 0.6) is 0 Å². The summed E-state index contributed by atoms with van der Waals surface area (Å²) in [5.41, 5.74) is 0.397. The van der Waals surface area contributed by atoms with Crippen LogP contribution in [-0.2, 0) is 0 Å². The molecule has 20 heavy (non-hydrogen) atoms. The van der Waals surface area contributed by atoms with Crippen molar-refractivity contribution in [3.05, 3.63) is 32.7 Å². The first-order chi connectivity index (χ1) is 9.46. The fourth-order valence-corrected chi connectivity index (χ4v) is 4.15. The fraction of sp³-hybridized carbons (Fsp3) is 0.533. The third-order valence-electron chi connectivity index (χ3n) is 4.04. The zero-order valence-electron chi connectivity index (χ0n) is 11.4. The number of carbonyl (C=O) groups excluding carboxylic acids is 1. The van der Waals surface area contributed by atoms with Gasteiger partial charge in [0.15, 0.2) is 0 Å². The summed E-state index contributed by atoms with van der Waals surface area (Å²) < 4.78 is 1.73. The monoisotopic (exact) mass is 421 g/mol. The van der Waals surface area contributed by atoms with Crippen LogP contribution in [-0.4, -0.2) is 17.3 Å². The maximum Gasteiger partial charge on any atom is 0.252 e. The van der Waals surface area contributed by atoms with E-state index in [2.05, 4.69) is 44.1 Å². The second kappa shape index (κ2) is 6.80. The van der Waals surface area contributed by atoms with Crippen LogP contribution < -0.4 is 5.32 Å². The quantitative estimate of drug-likeness (QED) is 0.671. The van der Waals surface area contributed by atoms with Gasteiger partial charge < -0.3 is 5.32 Å². The van der Waals surface area contributed by atoms with E-state index in [1.165, 1.54) is 0 Å². The van der Waals surface area contributed by atoms with Gasteiger partial charge in [-0.3, -0.25) is 4.79 Å². The van der Waals surface area contributed by atoms with Crippen molar-refractivity contribution in [3.63, 3.8) is 0 Å². The molecule has 0 unspecified atom stereocenters. The Morgan fingerprint density at radius 3 is 2.60 bits per heavy atom. The zero-order valence-corrected chi connectivity index (χ0v) is 15.3. The number of alkyl halides is 1. The lowest BCUT2D eigenvalue weighted by molar-refractivity contribution is 0.0871. The zero-order chi connectivity index (χ0) is 14.8. The summed E-state index contributed by atoms with van der Waals surface area (Å²) in [5, 5.41) is 3.16. The number of hydrogen-bond acceptors (Lipinski definition) is 1. The third-order valence-corrected chi connectivity index (χ3v) is 5.70. The third kappa shape index (κ3) is 3.77. The molecule has 1 N–H and O–H groups in total. The van der Waals surface area contributed by atoms with Crippen molar-refractivity contribution in [3.8, 4) is 0 Å². The standard InChI is InChI=1S/C15H18Br2ClNO/c1-10-4-6-15(9-18,7-5-10)19-14(20)12-3-2-11(16)8-13(12)17/h2-3,8,10H,4-7,9H2,1H3,(H,19,20). The van der Waals surface area contributed by atoms with Crippen LogP contribution in [0.4, 0.5) is 0 Å². The van der Waals surface area contributed by atoms with Gasteiger partial charge >= 0.3 is 0 Å². The van der Waals surface area contributed by atoms with Gasteiger partial charge in [-0.15, -0.1) is 11.6 Å². The summed E-state index contributed by atoms with van der Waals surface area (Å²) in [7, 11) is 0. The van der Waals surface area contributed by atoms with E-state index in [1.54, 1.807) is 0 Å². The first kappa shape index (κ1) is 16.3. The van der Waals surface area contributed by atoms with Crippen LogP contribution in [0.1, 0.15) is 43.0 Å². The Bertz CT molecular complexity index is 499. The van der Waals surface area contributed by atoms with Gasteiger partial charge in [0.05, 0.1) is 11.1 Å². The van der Waals surface area contributed by atoms with E-state index >= 15 is 0 Å². The Morgan fingerprint density at radius 2 is 2.05 bits per heavy atom. The molecular weight excluding hydrogens is 405 g/mol. The van der Waals surface area contributed by atoms with Gasteiger partial charge in [-0.25, -0.2) is 0 Å². The van der Waals surface area contributed by atoms with E-state index < -0.39 is 0 Å². The number of rotatable bonds is 3. The van der Waals surface area contributed by atoms with Crippen molar-refractivity contribution in [2.75, 3.05) is 5.88 Å². The van der Waals surface area contributed by atoms with E-state index in [-0.39, 0.29) is 11.4 Å². The summed E-state index contributed by atoms with van der Waals surface area (Å²) in [6.45, 7) is 2.26. The highest BCUT2D eigenvalue weighted by molar-refractivity contribution is 9.11. The van der Waals surface area contributed by atoms with Crippen molar-refractivity contribution >= 4 is 49.4 Å². The van der Waals surface area contributed by atoms with E-state index in [0.29, 0.717) is 11.4 Å². The molecule has 0 aromatic heterocycles. The normalized spacial score (nSPS) is 26.3. The first-order valence-electron chi connectivity index (χ1n) is 6.79. The number of carbonyl (C=O) groups is 1. The second-order valence-electron chi connectivity index (χ2n) is 5.67. The average molecular weight is 424 g/mol. The van der Waals surface area contributed by atoms with Crippen molar-refractivity contribution in [1.29, 1.82) is 0 Å². The Hall–Kier alpha value is -0.0600. The SMILES string of the molecule is CC1CCC(CCl)(NC(=O)c2ccc(Br)cc2Br)CC1. The molecule has 0 bridgehead atoms. The molecule has 5 heteroatoms. The van der Waals surface area contributed by atoms with Crippen LogP contribution in [0.3, 0.4) is 0 Å². The molecule has 1 aliphatic rings. The predicted octanol–water partition coefficient (Wildman–Crippen LogP) is 5.13. The number of benzene rings is 1. The Labute approximate surface area is 141 Å². The maximum atomic E-state index is 12.5. The van der Waals surface area contributed by atoms with Crippen LogP contribution >= 0.6 is 43.5 Å². The van der Waals surface area contributed by atoms with Gasteiger partial charge in [-0.05, 0) is 65.7 Å². The molecular formula is C15H18Br2ClNO. The summed E-state index contributed by atoms with van der Waals surface area (Å²) >= 11 is 13.0. The molecule has 0 aliphatic heterocycles. The Kier molecular flexibility index (Phi) is 5.55. The minimum atomic E-state index is -0.252. The summed E-state index contributed by atoms with van der Waals surface area (Å²) in [4.78, 5) is 12.5. The fourth-order valence-electron chi connectivity index (χ4n) is 2.59. The molecule has 0 atom stereocenters. The van der Waals surface area contributed by atoms with Gasteiger partial charge in [0.1, 0.15) is 0 Å². The topological polar surface area (TPSA) is 29.1 Å². The van der Waals surface area contributed by atoms with E-state index in [0.717, 1.165) is 40.5 Å². The number of hydrogen-bond donors (Lipinski definition) is 1. The van der Waals surface area contributed by atoms with Gasteiger partial charge in [-0.2, -0.15) is 0 Å². The summed E-state index contributed by atoms with van der Waals surface area (Å²) in [6.07, 6.45) is 4.15. The van der Waals surface area contributed by atoms with Gasteiger partial charge in [-0.1, -0.05) is 22.9 Å². The molecule has 0 radical (unpaired) electrons. The largest absolute Gasteiger partial charge is 0.345 e. The van der Waals surface area contributed by atoms with Crippen molar-refractivity contribution in [1.82, 2.24) is 5.32 Å². The maximum absolute atomic E-state index is 12.5. The minimum absolute atomic E-state index is 0.0559. The molecule has 1 aliphatic carbocycles. The molecule has 0 heterocycles. The predicted molar refractivity (Wildman–Crippen MR) is 90.4 cm³/mol. The molecule has 1 saturated carbocycles. The molecule has 110 valence electrons. The molecule has 1 aromatic carbocycles. The van der Waals surface area contributed by atoms with Crippen LogP contribution in [0.15, 0.2) is 27.1 Å². The highest BCUT2D eigenvalue weighted by Crippen LogP contribution is 2.33. The highest BCUT2D eigenvalue weighted by atomic mass is 79.9. The number of amides is 1. The minimum Gasteiger partial charge on any atom is -0.345 e. The van der Waals surface area contributed by atoms with Crippen LogP contribution in [0.25, 0.3) is 0 Å². The molecule has 0 spiro atoms. The molecule has 1 fully saturated rings. The molecule has 2 rings (SSSR count). The lowest BCUT2D eigenvalue weighted by Crippen LogP contribution is -2.52. The lowest BCUT2D eigenvalue weighted by Gasteiger charge is -2.38. The molecule has 1 aromatic rings. The van der Waals surface area contributed by atoms with E-state index in [1.807, 2.05) is 18.2 Å². The Balaban J connectivity index is 2.13. The van der Waals surface area contributed by atoms with E-state index in [4.69, 9.17) is 11.6 Å². The number of halogens is 3. The van der Waals surface area contributed by atoms with Crippen LogP contribution in [0, 0.1) is 5.92 Å². The molecule has 1 amide bonds. The van der Waals surface area contributed by atoms with Crippen molar-refractivity contribution < 1.29 is 4.79 Å². The van der Waals surface area contributed by atoms with Gasteiger partial charge in [0.2, 0.25) is 0 Å². The highest BCUT2D eigenvalue weighted by Gasteiger charge is 2.35. The first-order valence-corrected chi connectivity index (χ1v) is 8.91. The second-order valence-corrected chi connectivity index (χ2v) is 7.71. The Morgan fingerprint density at radius 1 is 1.40 bits per heavy atom. The molecule has 0 saturated heterocycles. The average Bonchev–Trinajstić information content (AvgIpc) is 2.41. The summed E-state index contributed by atoms with van der Waals surface area (Å²) in [6, 6.07) is 5.57. The molecule has 2 nitrogen and oxygen atoms in total. The summed E-state index contributed by atoms with van der Waals surface area (Å²) in [5.74, 6) is 1.14.